The molecule has 8 heteroatoms. The Labute approximate surface area is 159 Å². The molecule has 0 saturated heterocycles. The monoisotopic (exact) mass is 389 g/mol. The third kappa shape index (κ3) is 4.62. The van der Waals surface area contributed by atoms with Crippen molar-refractivity contribution in [2.24, 2.45) is 0 Å². The lowest BCUT2D eigenvalue weighted by atomic mass is 10.2. The Hall–Kier alpha value is -2.83. The van der Waals surface area contributed by atoms with Crippen molar-refractivity contribution in [2.45, 2.75) is 6.54 Å². The van der Waals surface area contributed by atoms with Crippen molar-refractivity contribution in [1.82, 2.24) is 10.3 Å². The first-order valence-electron chi connectivity index (χ1n) is 7.56. The van der Waals surface area contributed by atoms with E-state index in [1.165, 1.54) is 18.4 Å². The molecule has 26 heavy (non-hydrogen) atoms. The van der Waals surface area contributed by atoms with Gasteiger partial charge in [0.1, 0.15) is 17.1 Å². The average molecular weight is 390 g/mol. The number of rotatable bonds is 5. The smallest absolute Gasteiger partial charge is 0.274 e. The number of carbonyl (C=O) groups excluding carboxylic acids is 2. The van der Waals surface area contributed by atoms with Gasteiger partial charge in [-0.2, -0.15) is 0 Å². The van der Waals surface area contributed by atoms with E-state index in [-0.39, 0.29) is 17.9 Å². The van der Waals surface area contributed by atoms with Gasteiger partial charge in [-0.15, -0.1) is 0 Å². The number of furan rings is 1. The van der Waals surface area contributed by atoms with Gasteiger partial charge in [-0.1, -0.05) is 29.3 Å². The Morgan fingerprint density at radius 1 is 0.962 bits per heavy atom. The van der Waals surface area contributed by atoms with Crippen molar-refractivity contribution < 1.29 is 14.0 Å². The van der Waals surface area contributed by atoms with Gasteiger partial charge in [0.15, 0.2) is 0 Å². The van der Waals surface area contributed by atoms with Crippen molar-refractivity contribution in [3.05, 3.63) is 82.0 Å². The van der Waals surface area contributed by atoms with Crippen LogP contribution in [0.2, 0.25) is 10.0 Å². The highest BCUT2D eigenvalue weighted by atomic mass is 35.5. The fraction of sp³-hybridized carbons (Fsp3) is 0.0556. The predicted octanol–water partition coefficient (Wildman–Crippen LogP) is 4.16. The molecule has 0 bridgehead atoms. The van der Waals surface area contributed by atoms with Gasteiger partial charge in [0.2, 0.25) is 0 Å². The lowest BCUT2D eigenvalue weighted by Gasteiger charge is -2.07. The molecule has 0 atom stereocenters. The molecule has 0 radical (unpaired) electrons. The van der Waals surface area contributed by atoms with Crippen LogP contribution in [0.3, 0.4) is 0 Å². The van der Waals surface area contributed by atoms with E-state index in [4.69, 9.17) is 27.6 Å². The largest absolute Gasteiger partial charge is 0.467 e. The van der Waals surface area contributed by atoms with E-state index < -0.39 is 11.8 Å². The minimum Gasteiger partial charge on any atom is -0.467 e. The molecule has 2 heterocycles. The van der Waals surface area contributed by atoms with E-state index in [0.717, 1.165) is 0 Å². The number of benzene rings is 1. The molecular weight excluding hydrogens is 377 g/mol. The molecule has 3 rings (SSSR count). The molecule has 3 aromatic rings. The third-order valence-corrected chi connectivity index (χ3v) is 3.77. The SMILES string of the molecule is O=C(NCc1ccco1)c1cccc(C(=O)Nc2cc(Cl)cc(Cl)c2)n1. The molecule has 0 aliphatic carbocycles. The zero-order valence-electron chi connectivity index (χ0n) is 13.3. The number of carbonyl (C=O) groups is 2. The van der Waals surface area contributed by atoms with Crippen LogP contribution in [0.25, 0.3) is 0 Å². The van der Waals surface area contributed by atoms with Gasteiger partial charge < -0.3 is 15.1 Å². The van der Waals surface area contributed by atoms with Gasteiger partial charge in [-0.05, 0) is 42.5 Å². The van der Waals surface area contributed by atoms with Gasteiger partial charge in [0.25, 0.3) is 11.8 Å². The van der Waals surface area contributed by atoms with Crippen LogP contribution >= 0.6 is 23.2 Å². The summed E-state index contributed by atoms with van der Waals surface area (Å²) in [5.41, 5.74) is 0.641. The summed E-state index contributed by atoms with van der Waals surface area (Å²) in [5, 5.41) is 6.10. The maximum atomic E-state index is 12.3. The number of pyridine rings is 1. The van der Waals surface area contributed by atoms with E-state index in [2.05, 4.69) is 15.6 Å². The second-order valence-electron chi connectivity index (χ2n) is 5.28. The average Bonchev–Trinajstić information content (AvgIpc) is 3.12. The summed E-state index contributed by atoms with van der Waals surface area (Å²) in [6, 6.07) is 12.8. The maximum absolute atomic E-state index is 12.3. The number of nitrogens with zero attached hydrogens (tertiary/aromatic N) is 1. The second kappa shape index (κ2) is 8.03. The molecule has 0 fully saturated rings. The molecule has 2 N–H and O–H groups in total. The van der Waals surface area contributed by atoms with Gasteiger partial charge in [-0.3, -0.25) is 9.59 Å². The van der Waals surface area contributed by atoms with Crippen LogP contribution < -0.4 is 10.6 Å². The van der Waals surface area contributed by atoms with E-state index in [1.807, 2.05) is 0 Å². The molecule has 0 spiro atoms. The van der Waals surface area contributed by atoms with E-state index in [9.17, 15) is 9.59 Å². The Balaban J connectivity index is 1.69. The van der Waals surface area contributed by atoms with Crippen molar-refractivity contribution in [3.63, 3.8) is 0 Å². The van der Waals surface area contributed by atoms with Gasteiger partial charge in [-0.25, -0.2) is 4.98 Å². The summed E-state index contributed by atoms with van der Waals surface area (Å²) < 4.78 is 5.15. The molecule has 0 saturated carbocycles. The van der Waals surface area contributed by atoms with Crippen LogP contribution in [0, 0.1) is 0 Å². The Morgan fingerprint density at radius 2 is 1.65 bits per heavy atom. The normalized spacial score (nSPS) is 10.4. The van der Waals surface area contributed by atoms with E-state index in [0.29, 0.717) is 21.5 Å². The maximum Gasteiger partial charge on any atom is 0.274 e. The van der Waals surface area contributed by atoms with Crippen LogP contribution in [0.5, 0.6) is 0 Å². The predicted molar refractivity (Wildman–Crippen MR) is 98.5 cm³/mol. The molecule has 2 aromatic heterocycles. The van der Waals surface area contributed by atoms with Crippen molar-refractivity contribution >= 4 is 40.7 Å². The second-order valence-corrected chi connectivity index (χ2v) is 6.16. The summed E-state index contributed by atoms with van der Waals surface area (Å²) in [6.45, 7) is 0.227. The molecular formula is C18H13Cl2N3O3. The van der Waals surface area contributed by atoms with Crippen LogP contribution in [-0.4, -0.2) is 16.8 Å². The lowest BCUT2D eigenvalue weighted by Crippen LogP contribution is -2.24. The Morgan fingerprint density at radius 3 is 2.31 bits per heavy atom. The quantitative estimate of drug-likeness (QED) is 0.685. The highest BCUT2D eigenvalue weighted by Crippen LogP contribution is 2.22. The van der Waals surface area contributed by atoms with E-state index in [1.54, 1.807) is 36.4 Å². The van der Waals surface area contributed by atoms with E-state index >= 15 is 0 Å². The van der Waals surface area contributed by atoms with Gasteiger partial charge >= 0.3 is 0 Å². The summed E-state index contributed by atoms with van der Waals surface area (Å²) in [6.07, 6.45) is 1.52. The van der Waals surface area contributed by atoms with Crippen LogP contribution in [0.15, 0.2) is 59.2 Å². The van der Waals surface area contributed by atoms with Crippen LogP contribution in [-0.2, 0) is 6.54 Å². The summed E-state index contributed by atoms with van der Waals surface area (Å²) in [7, 11) is 0. The molecule has 1 aromatic carbocycles. The van der Waals surface area contributed by atoms with Gasteiger partial charge in [0.05, 0.1) is 12.8 Å². The number of anilines is 1. The standard InChI is InChI=1S/C18H13Cl2N3O3/c19-11-7-12(20)9-13(8-11)22-18(25)16-5-1-4-15(23-16)17(24)21-10-14-3-2-6-26-14/h1-9H,10H2,(H,21,24)(H,22,25). The summed E-state index contributed by atoms with van der Waals surface area (Å²) in [4.78, 5) is 28.6. The summed E-state index contributed by atoms with van der Waals surface area (Å²) >= 11 is 11.8. The first-order chi connectivity index (χ1) is 12.5. The zero-order chi connectivity index (χ0) is 18.5. The first kappa shape index (κ1) is 18.0. The fourth-order valence-electron chi connectivity index (χ4n) is 2.18. The van der Waals surface area contributed by atoms with Crippen LogP contribution in [0.1, 0.15) is 26.7 Å². The summed E-state index contributed by atoms with van der Waals surface area (Å²) in [5.74, 6) is -0.282. The number of amides is 2. The van der Waals surface area contributed by atoms with Crippen molar-refractivity contribution in [3.8, 4) is 0 Å². The molecule has 0 aliphatic heterocycles. The number of hydrogen-bond donors (Lipinski definition) is 2. The highest BCUT2D eigenvalue weighted by molar-refractivity contribution is 6.35. The number of aromatic nitrogens is 1. The number of hydrogen-bond acceptors (Lipinski definition) is 4. The highest BCUT2D eigenvalue weighted by Gasteiger charge is 2.13. The zero-order valence-corrected chi connectivity index (χ0v) is 14.8. The molecule has 6 nitrogen and oxygen atoms in total. The minimum absolute atomic E-state index is 0.0896. The minimum atomic E-state index is -0.482. The number of nitrogens with one attached hydrogen (secondary N) is 2. The molecule has 0 aliphatic rings. The topological polar surface area (TPSA) is 84.2 Å². The Kier molecular flexibility index (Phi) is 5.55. The molecule has 0 unspecified atom stereocenters. The lowest BCUT2D eigenvalue weighted by molar-refractivity contribution is 0.0943. The third-order valence-electron chi connectivity index (χ3n) is 3.34. The van der Waals surface area contributed by atoms with Gasteiger partial charge in [0, 0.05) is 15.7 Å². The van der Waals surface area contributed by atoms with Crippen LogP contribution in [0.4, 0.5) is 5.69 Å². The Bertz CT molecular complexity index is 922. The van der Waals surface area contributed by atoms with Crippen molar-refractivity contribution in [2.75, 3.05) is 5.32 Å². The fourth-order valence-corrected chi connectivity index (χ4v) is 2.71. The molecule has 2 amide bonds. The number of halogens is 2. The van der Waals surface area contributed by atoms with Crippen molar-refractivity contribution in [1.29, 1.82) is 0 Å². The first-order valence-corrected chi connectivity index (χ1v) is 8.32. The molecule has 132 valence electrons.